The first-order valence-corrected chi connectivity index (χ1v) is 7.18. The van der Waals surface area contributed by atoms with E-state index in [0.29, 0.717) is 30.0 Å². The number of rotatable bonds is 6. The molecular formula is C14H17NO4S. The van der Waals surface area contributed by atoms with E-state index < -0.39 is 0 Å². The maximum absolute atomic E-state index is 11.9. The summed E-state index contributed by atoms with van der Waals surface area (Å²) in [6, 6.07) is 1.74. The molecule has 0 aliphatic carbocycles. The van der Waals surface area contributed by atoms with Crippen molar-refractivity contribution in [2.75, 3.05) is 19.8 Å². The predicted molar refractivity (Wildman–Crippen MR) is 76.5 cm³/mol. The van der Waals surface area contributed by atoms with Gasteiger partial charge in [-0.05, 0) is 24.8 Å². The van der Waals surface area contributed by atoms with E-state index >= 15 is 0 Å². The number of carbonyl (C=O) groups excluding carboxylic acids is 2. The smallest absolute Gasteiger partial charge is 0.305 e. The lowest BCUT2D eigenvalue weighted by atomic mass is 10.2. The fourth-order valence-corrected chi connectivity index (χ4v) is 2.23. The van der Waals surface area contributed by atoms with Crippen LogP contribution in [0.25, 0.3) is 0 Å². The number of nitrogens with one attached hydrogen (secondary N) is 1. The van der Waals surface area contributed by atoms with Gasteiger partial charge < -0.3 is 15.2 Å². The quantitative estimate of drug-likeness (QED) is 0.469. The second-order valence-electron chi connectivity index (χ2n) is 3.79. The highest BCUT2D eigenvalue weighted by molar-refractivity contribution is 7.12. The number of aliphatic hydroxyl groups excluding tert-OH is 1. The molecule has 0 saturated carbocycles. The summed E-state index contributed by atoms with van der Waals surface area (Å²) in [6.07, 6.45) is 0.823. The van der Waals surface area contributed by atoms with Crippen LogP contribution in [0.3, 0.4) is 0 Å². The molecular weight excluding hydrogens is 278 g/mol. The summed E-state index contributed by atoms with van der Waals surface area (Å²) in [5, 5.41) is 13.2. The van der Waals surface area contributed by atoms with E-state index in [0.717, 1.165) is 0 Å². The van der Waals surface area contributed by atoms with Crippen molar-refractivity contribution in [3.63, 3.8) is 0 Å². The molecule has 0 saturated heterocycles. The zero-order chi connectivity index (χ0) is 14.8. The number of carbonyl (C=O) groups is 2. The molecule has 20 heavy (non-hydrogen) atoms. The molecule has 0 fully saturated rings. The summed E-state index contributed by atoms with van der Waals surface area (Å²) in [7, 11) is 0. The molecule has 6 heteroatoms. The molecule has 5 nitrogen and oxygen atoms in total. The first-order chi connectivity index (χ1) is 9.69. The number of hydrogen-bond donors (Lipinski definition) is 2. The molecule has 1 rings (SSSR count). The molecule has 108 valence electrons. The predicted octanol–water partition coefficient (Wildman–Crippen LogP) is 1.17. The van der Waals surface area contributed by atoms with Crippen LogP contribution < -0.4 is 5.32 Å². The molecule has 1 aromatic heterocycles. The van der Waals surface area contributed by atoms with Gasteiger partial charge in [0, 0.05) is 18.5 Å². The lowest BCUT2D eigenvalue weighted by Crippen LogP contribution is -2.24. The third-order valence-electron chi connectivity index (χ3n) is 2.32. The molecule has 0 radical (unpaired) electrons. The average molecular weight is 295 g/mol. The summed E-state index contributed by atoms with van der Waals surface area (Å²) < 4.78 is 4.79. The van der Waals surface area contributed by atoms with Crippen molar-refractivity contribution in [2.45, 2.75) is 19.8 Å². The van der Waals surface area contributed by atoms with Gasteiger partial charge in [0.25, 0.3) is 5.91 Å². The van der Waals surface area contributed by atoms with E-state index in [9.17, 15) is 9.59 Å². The summed E-state index contributed by atoms with van der Waals surface area (Å²) >= 11 is 1.29. The molecule has 0 aromatic carbocycles. The van der Waals surface area contributed by atoms with E-state index in [1.54, 1.807) is 18.4 Å². The maximum Gasteiger partial charge on any atom is 0.305 e. The van der Waals surface area contributed by atoms with Crippen molar-refractivity contribution in [3.05, 3.63) is 21.9 Å². The SMILES string of the molecule is CCOC(=O)CCCNC(=O)c1sccc1C#CCO. The fraction of sp³-hybridized carbons (Fsp3) is 0.429. The van der Waals surface area contributed by atoms with Gasteiger partial charge in [0.05, 0.1) is 6.61 Å². The molecule has 0 aliphatic rings. The Morgan fingerprint density at radius 2 is 2.30 bits per heavy atom. The van der Waals surface area contributed by atoms with E-state index in [4.69, 9.17) is 9.84 Å². The van der Waals surface area contributed by atoms with Gasteiger partial charge in [-0.2, -0.15) is 0 Å². The Bertz CT molecular complexity index is 513. The fourth-order valence-electron chi connectivity index (χ4n) is 1.47. The third-order valence-corrected chi connectivity index (χ3v) is 3.24. The van der Waals surface area contributed by atoms with E-state index in [1.807, 2.05) is 0 Å². The molecule has 0 spiro atoms. The van der Waals surface area contributed by atoms with Gasteiger partial charge in [-0.1, -0.05) is 11.8 Å². The maximum atomic E-state index is 11.9. The second kappa shape index (κ2) is 9.13. The van der Waals surface area contributed by atoms with E-state index in [2.05, 4.69) is 17.2 Å². The molecule has 1 aromatic rings. The van der Waals surface area contributed by atoms with Crippen LogP contribution >= 0.6 is 11.3 Å². The topological polar surface area (TPSA) is 75.6 Å². The molecule has 1 amide bonds. The lowest BCUT2D eigenvalue weighted by molar-refractivity contribution is -0.143. The highest BCUT2D eigenvalue weighted by atomic mass is 32.1. The minimum atomic E-state index is -0.257. The van der Waals surface area contributed by atoms with E-state index in [-0.39, 0.29) is 24.9 Å². The first-order valence-electron chi connectivity index (χ1n) is 6.30. The molecule has 2 N–H and O–H groups in total. The number of esters is 1. The van der Waals surface area contributed by atoms with Crippen molar-refractivity contribution >= 4 is 23.2 Å². The second-order valence-corrected chi connectivity index (χ2v) is 4.70. The molecule has 0 aliphatic heterocycles. The van der Waals surface area contributed by atoms with Crippen LogP contribution in [0.5, 0.6) is 0 Å². The summed E-state index contributed by atoms with van der Waals surface area (Å²) in [4.78, 5) is 23.5. The van der Waals surface area contributed by atoms with Gasteiger partial charge in [-0.15, -0.1) is 11.3 Å². The average Bonchev–Trinajstić information content (AvgIpc) is 2.90. The number of amides is 1. The highest BCUT2D eigenvalue weighted by Gasteiger charge is 2.11. The summed E-state index contributed by atoms with van der Waals surface area (Å²) in [5.74, 6) is 4.76. The largest absolute Gasteiger partial charge is 0.466 e. The van der Waals surface area contributed by atoms with Crippen LogP contribution in [0, 0.1) is 11.8 Å². The molecule has 0 atom stereocenters. The zero-order valence-corrected chi connectivity index (χ0v) is 12.1. The first kappa shape index (κ1) is 16.2. The third kappa shape index (κ3) is 5.43. The van der Waals surface area contributed by atoms with Gasteiger partial charge in [-0.25, -0.2) is 0 Å². The van der Waals surface area contributed by atoms with Crippen molar-refractivity contribution < 1.29 is 19.4 Å². The molecule has 0 bridgehead atoms. The molecule has 1 heterocycles. The van der Waals surface area contributed by atoms with Crippen molar-refractivity contribution in [2.24, 2.45) is 0 Å². The highest BCUT2D eigenvalue weighted by Crippen LogP contribution is 2.15. The zero-order valence-electron chi connectivity index (χ0n) is 11.3. The Balaban J connectivity index is 2.40. The summed E-state index contributed by atoms with van der Waals surface area (Å²) in [5.41, 5.74) is 0.604. The van der Waals surface area contributed by atoms with Crippen LogP contribution in [-0.2, 0) is 9.53 Å². The Morgan fingerprint density at radius 3 is 3.00 bits per heavy atom. The van der Waals surface area contributed by atoms with Crippen molar-refractivity contribution in [3.8, 4) is 11.8 Å². The number of aliphatic hydroxyl groups is 1. The lowest BCUT2D eigenvalue weighted by Gasteiger charge is -2.04. The van der Waals surface area contributed by atoms with Gasteiger partial charge in [-0.3, -0.25) is 9.59 Å². The van der Waals surface area contributed by atoms with Crippen LogP contribution in [0.15, 0.2) is 11.4 Å². The van der Waals surface area contributed by atoms with Crippen LogP contribution in [-0.4, -0.2) is 36.7 Å². The number of hydrogen-bond acceptors (Lipinski definition) is 5. The minimum absolute atomic E-state index is 0.217. The summed E-state index contributed by atoms with van der Waals surface area (Å²) in [6.45, 7) is 2.29. The van der Waals surface area contributed by atoms with Crippen LogP contribution in [0.4, 0.5) is 0 Å². The Morgan fingerprint density at radius 1 is 1.50 bits per heavy atom. The normalized spacial score (nSPS) is 9.50. The van der Waals surface area contributed by atoms with Crippen LogP contribution in [0.1, 0.15) is 35.0 Å². The molecule has 0 unspecified atom stereocenters. The van der Waals surface area contributed by atoms with Crippen molar-refractivity contribution in [1.82, 2.24) is 5.32 Å². The number of ether oxygens (including phenoxy) is 1. The number of thiophene rings is 1. The Labute approximate surface area is 122 Å². The Kier molecular flexibility index (Phi) is 7.40. The Hall–Kier alpha value is -1.84. The van der Waals surface area contributed by atoms with Gasteiger partial charge in [0.1, 0.15) is 11.5 Å². The van der Waals surface area contributed by atoms with Gasteiger partial charge >= 0.3 is 5.97 Å². The monoisotopic (exact) mass is 295 g/mol. The van der Waals surface area contributed by atoms with E-state index in [1.165, 1.54) is 11.3 Å². The van der Waals surface area contributed by atoms with Gasteiger partial charge in [0.15, 0.2) is 0 Å². The van der Waals surface area contributed by atoms with Crippen LogP contribution in [0.2, 0.25) is 0 Å². The standard InChI is InChI=1S/C14H17NO4S/c1-2-19-12(17)6-3-8-15-14(18)13-11(5-4-9-16)7-10-20-13/h7,10,16H,2-3,6,8-9H2,1H3,(H,15,18). The van der Waals surface area contributed by atoms with Crippen molar-refractivity contribution in [1.29, 1.82) is 0 Å². The van der Waals surface area contributed by atoms with Gasteiger partial charge in [0.2, 0.25) is 0 Å². The minimum Gasteiger partial charge on any atom is -0.466 e.